The number of rotatable bonds is 2. The molecule has 2 aromatic carbocycles. The Hall–Kier alpha value is -2.43. The fraction of sp³-hybridized carbons (Fsp3) is 0.235. The Balaban J connectivity index is 1.98. The fourth-order valence-electron chi connectivity index (χ4n) is 2.81. The lowest BCUT2D eigenvalue weighted by molar-refractivity contribution is 0.138. The molecule has 3 nitrogen and oxygen atoms in total. The van der Waals surface area contributed by atoms with Crippen molar-refractivity contribution in [2.24, 2.45) is 0 Å². The summed E-state index contributed by atoms with van der Waals surface area (Å²) in [5, 5.41) is 0. The summed E-state index contributed by atoms with van der Waals surface area (Å²) in [5.74, 6) is -0.811. The van der Waals surface area contributed by atoms with E-state index in [-0.39, 0.29) is 5.82 Å². The van der Waals surface area contributed by atoms with Gasteiger partial charge in [0.2, 0.25) is 0 Å². The normalized spacial score (nSPS) is 21.1. The topological polar surface area (TPSA) is 29.5 Å². The summed E-state index contributed by atoms with van der Waals surface area (Å²) < 4.78 is 32.8. The van der Waals surface area contributed by atoms with Crippen molar-refractivity contribution in [1.82, 2.24) is 4.90 Å². The Morgan fingerprint density at radius 3 is 2.41 bits per heavy atom. The van der Waals surface area contributed by atoms with Crippen molar-refractivity contribution in [3.63, 3.8) is 0 Å². The molecule has 1 aliphatic rings. The van der Waals surface area contributed by atoms with E-state index in [4.69, 9.17) is 4.74 Å². The van der Waals surface area contributed by atoms with Crippen LogP contribution in [0.2, 0.25) is 0 Å². The van der Waals surface area contributed by atoms with Crippen molar-refractivity contribution in [3.8, 4) is 11.1 Å². The number of benzene rings is 2. The smallest absolute Gasteiger partial charge is 0.410 e. The van der Waals surface area contributed by atoms with Crippen molar-refractivity contribution >= 4 is 6.09 Å². The molecular weight excluding hydrogens is 288 g/mol. The number of hydrogen-bond acceptors (Lipinski definition) is 2. The van der Waals surface area contributed by atoms with Gasteiger partial charge in [-0.3, -0.25) is 0 Å². The molecule has 0 bridgehead atoms. The van der Waals surface area contributed by atoms with Gasteiger partial charge in [0, 0.05) is 12.6 Å². The van der Waals surface area contributed by atoms with Gasteiger partial charge in [-0.1, -0.05) is 24.3 Å². The molecule has 1 amide bonds. The number of nitrogens with zero attached hydrogens (tertiary/aromatic N) is 1. The molecular formula is C17H15F2NO2. The third kappa shape index (κ3) is 2.43. The van der Waals surface area contributed by atoms with Gasteiger partial charge in [-0.25, -0.2) is 13.6 Å². The fourth-order valence-corrected chi connectivity index (χ4v) is 2.81. The number of carbonyl (C=O) groups is 1. The highest BCUT2D eigenvalue weighted by Crippen LogP contribution is 2.34. The molecule has 1 heterocycles. The van der Waals surface area contributed by atoms with Crippen LogP contribution in [0.5, 0.6) is 0 Å². The second kappa shape index (κ2) is 5.40. The molecule has 0 aliphatic carbocycles. The van der Waals surface area contributed by atoms with Crippen molar-refractivity contribution in [1.29, 1.82) is 0 Å². The lowest BCUT2D eigenvalue weighted by Crippen LogP contribution is -2.25. The summed E-state index contributed by atoms with van der Waals surface area (Å²) in [6.45, 7) is 1.73. The third-order valence-electron chi connectivity index (χ3n) is 3.91. The number of likely N-dealkylation sites (N-methyl/N-ethyl adjacent to an activating group) is 1. The molecule has 22 heavy (non-hydrogen) atoms. The second-order valence-electron chi connectivity index (χ2n) is 5.39. The molecule has 0 spiro atoms. The van der Waals surface area contributed by atoms with Gasteiger partial charge in [-0.05, 0) is 36.2 Å². The second-order valence-corrected chi connectivity index (χ2v) is 5.39. The van der Waals surface area contributed by atoms with E-state index in [1.807, 2.05) is 0 Å². The monoisotopic (exact) mass is 303 g/mol. The zero-order chi connectivity index (χ0) is 15.9. The molecule has 1 saturated heterocycles. The van der Waals surface area contributed by atoms with Crippen LogP contribution in [0, 0.1) is 11.6 Å². The third-order valence-corrected chi connectivity index (χ3v) is 3.91. The zero-order valence-corrected chi connectivity index (χ0v) is 12.2. The number of halogens is 2. The lowest BCUT2D eigenvalue weighted by atomic mass is 9.97. The lowest BCUT2D eigenvalue weighted by Gasteiger charge is -2.20. The molecule has 0 radical (unpaired) electrons. The minimum atomic E-state index is -0.467. The largest absolute Gasteiger partial charge is 0.444 e. The van der Waals surface area contributed by atoms with E-state index in [0.29, 0.717) is 16.7 Å². The van der Waals surface area contributed by atoms with Crippen molar-refractivity contribution in [2.45, 2.75) is 19.1 Å². The number of ether oxygens (including phenoxy) is 1. The van der Waals surface area contributed by atoms with E-state index in [1.165, 1.54) is 23.1 Å². The van der Waals surface area contributed by atoms with E-state index in [9.17, 15) is 13.6 Å². The SMILES string of the molecule is CC1OC(=O)N(C)C1c1ccc(-c2cccc(F)c2)cc1F. The summed E-state index contributed by atoms with van der Waals surface area (Å²) in [6, 6.07) is 10.2. The zero-order valence-electron chi connectivity index (χ0n) is 12.2. The van der Waals surface area contributed by atoms with Crippen LogP contribution in [0.25, 0.3) is 11.1 Å². The summed E-state index contributed by atoms with van der Waals surface area (Å²) in [6.07, 6.45) is -0.891. The van der Waals surface area contributed by atoms with Gasteiger partial charge >= 0.3 is 6.09 Å². The highest BCUT2D eigenvalue weighted by Gasteiger charge is 2.38. The van der Waals surface area contributed by atoms with Crippen LogP contribution in [0.15, 0.2) is 42.5 Å². The first kappa shape index (κ1) is 14.5. The highest BCUT2D eigenvalue weighted by atomic mass is 19.1. The predicted octanol–water partition coefficient (Wildman–Crippen LogP) is 4.14. The van der Waals surface area contributed by atoms with Gasteiger partial charge in [0.25, 0.3) is 0 Å². The van der Waals surface area contributed by atoms with Crippen LogP contribution in [0.1, 0.15) is 18.5 Å². The van der Waals surface area contributed by atoms with Crippen LogP contribution in [0.3, 0.4) is 0 Å². The molecule has 3 rings (SSSR count). The van der Waals surface area contributed by atoms with Gasteiger partial charge in [-0.15, -0.1) is 0 Å². The van der Waals surface area contributed by atoms with Crippen molar-refractivity contribution < 1.29 is 18.3 Å². The van der Waals surface area contributed by atoms with Gasteiger partial charge in [0.1, 0.15) is 17.7 Å². The quantitative estimate of drug-likeness (QED) is 0.834. The summed E-state index contributed by atoms with van der Waals surface area (Å²) in [4.78, 5) is 12.9. The molecule has 0 N–H and O–H groups in total. The molecule has 5 heteroatoms. The molecule has 1 fully saturated rings. The summed E-state index contributed by atoms with van der Waals surface area (Å²) in [5.41, 5.74) is 1.58. The van der Waals surface area contributed by atoms with Crippen LogP contribution in [-0.2, 0) is 4.74 Å². The Morgan fingerprint density at radius 2 is 1.82 bits per heavy atom. The van der Waals surface area contributed by atoms with Gasteiger partial charge < -0.3 is 9.64 Å². The van der Waals surface area contributed by atoms with E-state index in [0.717, 1.165) is 0 Å². The van der Waals surface area contributed by atoms with Crippen LogP contribution >= 0.6 is 0 Å². The maximum absolute atomic E-state index is 14.5. The number of hydrogen-bond donors (Lipinski definition) is 0. The van der Waals surface area contributed by atoms with Crippen LogP contribution < -0.4 is 0 Å². The molecule has 1 aliphatic heterocycles. The van der Waals surface area contributed by atoms with E-state index >= 15 is 0 Å². The van der Waals surface area contributed by atoms with Crippen LogP contribution in [-0.4, -0.2) is 24.1 Å². The first-order valence-electron chi connectivity index (χ1n) is 6.96. The Labute approximate surface area is 127 Å². The average Bonchev–Trinajstić information content (AvgIpc) is 2.73. The minimum Gasteiger partial charge on any atom is -0.444 e. The molecule has 0 aromatic heterocycles. The van der Waals surface area contributed by atoms with E-state index in [2.05, 4.69) is 0 Å². The molecule has 2 aromatic rings. The Kier molecular flexibility index (Phi) is 3.56. The first-order chi connectivity index (χ1) is 10.5. The number of amides is 1. The van der Waals surface area contributed by atoms with Crippen LogP contribution in [0.4, 0.5) is 13.6 Å². The molecule has 2 unspecified atom stereocenters. The minimum absolute atomic E-state index is 0.370. The highest BCUT2D eigenvalue weighted by molar-refractivity contribution is 5.71. The van der Waals surface area contributed by atoms with E-state index < -0.39 is 24.1 Å². The van der Waals surface area contributed by atoms with Gasteiger partial charge in [0.05, 0.1) is 6.04 Å². The van der Waals surface area contributed by atoms with E-state index in [1.54, 1.807) is 38.2 Å². The number of cyclic esters (lactones) is 1. The molecule has 114 valence electrons. The Bertz CT molecular complexity index is 732. The average molecular weight is 303 g/mol. The summed E-state index contributed by atoms with van der Waals surface area (Å²) >= 11 is 0. The molecule has 0 saturated carbocycles. The van der Waals surface area contributed by atoms with Gasteiger partial charge in [-0.2, -0.15) is 0 Å². The first-order valence-corrected chi connectivity index (χ1v) is 6.96. The van der Waals surface area contributed by atoms with Gasteiger partial charge in [0.15, 0.2) is 0 Å². The molecule has 2 atom stereocenters. The number of carbonyl (C=O) groups excluding carboxylic acids is 1. The Morgan fingerprint density at radius 1 is 1.09 bits per heavy atom. The summed E-state index contributed by atoms with van der Waals surface area (Å²) in [7, 11) is 1.58. The van der Waals surface area contributed by atoms with Crippen molar-refractivity contribution in [2.75, 3.05) is 7.05 Å². The predicted molar refractivity (Wildman–Crippen MR) is 78.2 cm³/mol. The van der Waals surface area contributed by atoms with Crippen molar-refractivity contribution in [3.05, 3.63) is 59.7 Å². The maximum atomic E-state index is 14.5. The standard InChI is InChI=1S/C17H15F2NO2/c1-10-16(20(2)17(21)22-10)14-7-6-12(9-15(14)19)11-4-3-5-13(18)8-11/h3-10,16H,1-2H3. The maximum Gasteiger partial charge on any atom is 0.410 e.